The lowest BCUT2D eigenvalue weighted by Gasteiger charge is -2.11. The molecule has 0 aliphatic heterocycles. The number of sulfonamides is 1. The van der Waals surface area contributed by atoms with Crippen molar-refractivity contribution < 1.29 is 22.7 Å². The number of benzene rings is 2. The first kappa shape index (κ1) is 14.8. The summed E-state index contributed by atoms with van der Waals surface area (Å²) in [4.78, 5) is 10.5. The molecule has 2 aromatic carbocycles. The van der Waals surface area contributed by atoms with Gasteiger partial charge in [-0.3, -0.25) is 4.72 Å². The van der Waals surface area contributed by atoms with Crippen LogP contribution in [0, 0.1) is 5.82 Å². The Balaban J connectivity index is 2.47. The minimum absolute atomic E-state index is 0.168. The minimum Gasteiger partial charge on any atom is -0.478 e. The lowest BCUT2D eigenvalue weighted by atomic mass is 10.1. The van der Waals surface area contributed by atoms with Crippen molar-refractivity contribution >= 4 is 27.4 Å². The summed E-state index contributed by atoms with van der Waals surface area (Å²) < 4.78 is 39.8. The third-order valence-corrected chi connectivity index (χ3v) is 4.04. The number of anilines is 2. The van der Waals surface area contributed by atoms with Gasteiger partial charge in [0.15, 0.2) is 0 Å². The maximum Gasteiger partial charge on any atom is 0.337 e. The molecule has 0 aliphatic rings. The van der Waals surface area contributed by atoms with Gasteiger partial charge in [0.05, 0.1) is 11.3 Å². The van der Waals surface area contributed by atoms with Crippen LogP contribution in [0.5, 0.6) is 0 Å². The molecule has 0 aromatic heterocycles. The van der Waals surface area contributed by atoms with Gasteiger partial charge in [0.1, 0.15) is 10.7 Å². The molecule has 8 heteroatoms. The number of rotatable bonds is 4. The maximum absolute atomic E-state index is 13.6. The van der Waals surface area contributed by atoms with Crippen molar-refractivity contribution in [2.24, 2.45) is 0 Å². The van der Waals surface area contributed by atoms with Crippen LogP contribution in [0.15, 0.2) is 47.4 Å². The zero-order valence-corrected chi connectivity index (χ0v) is 11.4. The molecular weight excluding hydrogens is 299 g/mol. The molecule has 6 nitrogen and oxygen atoms in total. The van der Waals surface area contributed by atoms with E-state index in [1.165, 1.54) is 24.3 Å². The second-order valence-corrected chi connectivity index (χ2v) is 5.80. The summed E-state index contributed by atoms with van der Waals surface area (Å²) in [6.45, 7) is 0. The lowest BCUT2D eigenvalue weighted by molar-refractivity contribution is 0.0698. The van der Waals surface area contributed by atoms with Gasteiger partial charge in [-0.1, -0.05) is 12.1 Å². The molecule has 0 radical (unpaired) electrons. The van der Waals surface area contributed by atoms with E-state index in [-0.39, 0.29) is 16.9 Å². The van der Waals surface area contributed by atoms with E-state index in [0.717, 1.165) is 18.2 Å². The summed E-state index contributed by atoms with van der Waals surface area (Å²) in [6, 6.07) is 8.44. The summed E-state index contributed by atoms with van der Waals surface area (Å²) in [5, 5.41) is 9.05. The highest BCUT2D eigenvalue weighted by Gasteiger charge is 2.21. The number of nitrogens with one attached hydrogen (secondary N) is 1. The number of carboxylic acid groups (broad SMARTS) is 1. The summed E-state index contributed by atoms with van der Waals surface area (Å²) in [6.07, 6.45) is 0. The van der Waals surface area contributed by atoms with E-state index in [9.17, 15) is 17.6 Å². The fourth-order valence-corrected chi connectivity index (χ4v) is 2.85. The quantitative estimate of drug-likeness (QED) is 0.747. The van der Waals surface area contributed by atoms with Crippen molar-refractivity contribution in [1.82, 2.24) is 0 Å². The molecule has 0 heterocycles. The molecule has 0 bridgehead atoms. The highest BCUT2D eigenvalue weighted by atomic mass is 32.2. The Morgan fingerprint density at radius 3 is 2.48 bits per heavy atom. The van der Waals surface area contributed by atoms with E-state index in [1.54, 1.807) is 0 Å². The van der Waals surface area contributed by atoms with Gasteiger partial charge in [-0.2, -0.15) is 0 Å². The fourth-order valence-electron chi connectivity index (χ4n) is 1.69. The Hall–Kier alpha value is -2.61. The predicted octanol–water partition coefficient (Wildman–Crippen LogP) is 1.91. The summed E-state index contributed by atoms with van der Waals surface area (Å²) >= 11 is 0. The van der Waals surface area contributed by atoms with Crippen LogP contribution in [0.3, 0.4) is 0 Å². The average molecular weight is 310 g/mol. The molecule has 0 spiro atoms. The fraction of sp³-hybridized carbons (Fsp3) is 0. The van der Waals surface area contributed by atoms with Crippen molar-refractivity contribution in [3.8, 4) is 0 Å². The molecule has 0 unspecified atom stereocenters. The maximum atomic E-state index is 13.6. The van der Waals surface area contributed by atoms with Gasteiger partial charge < -0.3 is 10.8 Å². The number of hydrogen-bond acceptors (Lipinski definition) is 4. The van der Waals surface area contributed by atoms with Crippen molar-refractivity contribution in [2.45, 2.75) is 4.90 Å². The van der Waals surface area contributed by atoms with E-state index in [2.05, 4.69) is 0 Å². The smallest absolute Gasteiger partial charge is 0.337 e. The van der Waals surface area contributed by atoms with Gasteiger partial charge in [0, 0.05) is 5.69 Å². The van der Waals surface area contributed by atoms with E-state index in [1.807, 2.05) is 4.72 Å². The third-order valence-electron chi connectivity index (χ3n) is 2.64. The third kappa shape index (κ3) is 3.11. The molecule has 4 N–H and O–H groups in total. The number of nitrogens with two attached hydrogens (primary N) is 1. The molecule has 0 saturated carbocycles. The minimum atomic E-state index is -4.24. The average Bonchev–Trinajstić information content (AvgIpc) is 2.40. The van der Waals surface area contributed by atoms with Gasteiger partial charge in [-0.15, -0.1) is 0 Å². The van der Waals surface area contributed by atoms with Gasteiger partial charge >= 0.3 is 5.97 Å². The second-order valence-electron chi connectivity index (χ2n) is 4.15. The SMILES string of the molecule is Nc1ccc(NS(=O)(=O)c2ccccc2F)c(C(=O)O)c1. The number of carboxylic acids is 1. The Kier molecular flexibility index (Phi) is 3.81. The highest BCUT2D eigenvalue weighted by molar-refractivity contribution is 7.92. The molecule has 2 rings (SSSR count). The second kappa shape index (κ2) is 5.41. The predicted molar refractivity (Wildman–Crippen MR) is 75.0 cm³/mol. The molecule has 0 saturated heterocycles. The van der Waals surface area contributed by atoms with Crippen molar-refractivity contribution in [2.75, 3.05) is 10.5 Å². The van der Waals surface area contributed by atoms with Crippen LogP contribution in [0.2, 0.25) is 0 Å². The van der Waals surface area contributed by atoms with Crippen LogP contribution < -0.4 is 10.5 Å². The van der Waals surface area contributed by atoms with Crippen LogP contribution in [-0.2, 0) is 10.0 Å². The normalized spacial score (nSPS) is 11.1. The molecule has 110 valence electrons. The Morgan fingerprint density at radius 2 is 1.86 bits per heavy atom. The van der Waals surface area contributed by atoms with Crippen molar-refractivity contribution in [3.05, 3.63) is 53.8 Å². The van der Waals surface area contributed by atoms with Gasteiger partial charge in [0.25, 0.3) is 10.0 Å². The largest absolute Gasteiger partial charge is 0.478 e. The molecule has 0 atom stereocenters. The first-order chi connectivity index (χ1) is 9.81. The summed E-state index contributed by atoms with van der Waals surface area (Å²) in [5.41, 5.74) is 5.11. The summed E-state index contributed by atoms with van der Waals surface area (Å²) in [5.74, 6) is -2.29. The van der Waals surface area contributed by atoms with Gasteiger partial charge in [-0.05, 0) is 30.3 Å². The monoisotopic (exact) mass is 310 g/mol. The molecular formula is C13H11FN2O4S. The Bertz CT molecular complexity index is 806. The number of aromatic carboxylic acids is 1. The number of nitrogen functional groups attached to an aromatic ring is 1. The highest BCUT2D eigenvalue weighted by Crippen LogP contribution is 2.23. The first-order valence-electron chi connectivity index (χ1n) is 5.71. The first-order valence-corrected chi connectivity index (χ1v) is 7.20. The van der Waals surface area contributed by atoms with E-state index in [4.69, 9.17) is 10.8 Å². The molecule has 0 amide bonds. The number of carbonyl (C=O) groups is 1. The van der Waals surface area contributed by atoms with E-state index >= 15 is 0 Å². The van der Waals surface area contributed by atoms with Crippen LogP contribution in [0.4, 0.5) is 15.8 Å². The Morgan fingerprint density at radius 1 is 1.19 bits per heavy atom. The van der Waals surface area contributed by atoms with Crippen molar-refractivity contribution in [1.29, 1.82) is 0 Å². The molecule has 0 fully saturated rings. The molecule has 2 aromatic rings. The summed E-state index contributed by atoms with van der Waals surface area (Å²) in [7, 11) is -4.24. The lowest BCUT2D eigenvalue weighted by Crippen LogP contribution is -2.17. The van der Waals surface area contributed by atoms with Crippen LogP contribution in [0.1, 0.15) is 10.4 Å². The van der Waals surface area contributed by atoms with E-state index in [0.29, 0.717) is 0 Å². The molecule has 21 heavy (non-hydrogen) atoms. The standard InChI is InChI=1S/C13H11FN2O4S/c14-10-3-1-2-4-12(10)21(19,20)16-11-6-5-8(15)7-9(11)13(17)18/h1-7,16H,15H2,(H,17,18). The van der Waals surface area contributed by atoms with E-state index < -0.39 is 26.7 Å². The zero-order chi connectivity index (χ0) is 15.6. The topological polar surface area (TPSA) is 109 Å². The number of hydrogen-bond donors (Lipinski definition) is 3. The molecule has 0 aliphatic carbocycles. The van der Waals surface area contributed by atoms with Gasteiger partial charge in [0.2, 0.25) is 0 Å². The van der Waals surface area contributed by atoms with Crippen LogP contribution in [-0.4, -0.2) is 19.5 Å². The van der Waals surface area contributed by atoms with Gasteiger partial charge in [-0.25, -0.2) is 17.6 Å². The Labute approximate surface area is 120 Å². The van der Waals surface area contributed by atoms with Crippen molar-refractivity contribution in [3.63, 3.8) is 0 Å². The number of halogens is 1. The van der Waals surface area contributed by atoms with Crippen LogP contribution in [0.25, 0.3) is 0 Å². The zero-order valence-electron chi connectivity index (χ0n) is 10.6. The van der Waals surface area contributed by atoms with Crippen LogP contribution >= 0.6 is 0 Å².